The number of hydrogen-bond donors (Lipinski definition) is 1. The minimum atomic E-state index is -0.931. The summed E-state index contributed by atoms with van der Waals surface area (Å²) in [4.78, 5) is 10.6. The van der Waals surface area contributed by atoms with Crippen LogP contribution < -0.4 is 4.74 Å². The van der Waals surface area contributed by atoms with Crippen LogP contribution in [-0.4, -0.2) is 18.2 Å². The number of rotatable bonds is 7. The Morgan fingerprint density at radius 2 is 1.88 bits per heavy atom. The first-order chi connectivity index (χ1) is 11.8. The van der Waals surface area contributed by atoms with Gasteiger partial charge in [-0.2, -0.15) is 0 Å². The Labute approximate surface area is 151 Å². The molecule has 0 amide bonds. The minimum Gasteiger partial charge on any atom is -0.496 e. The van der Waals surface area contributed by atoms with Gasteiger partial charge in [0.2, 0.25) is 0 Å². The maximum absolute atomic E-state index is 10.6. The average molecular weight is 340 g/mol. The van der Waals surface area contributed by atoms with E-state index in [2.05, 4.69) is 39.0 Å². The molecule has 0 unspecified atom stereocenters. The van der Waals surface area contributed by atoms with Crippen LogP contribution in [0.3, 0.4) is 0 Å². The number of aryl methyl sites for hydroxylation is 1. The maximum Gasteiger partial charge on any atom is 0.328 e. The van der Waals surface area contributed by atoms with E-state index < -0.39 is 5.97 Å². The molecule has 0 aliphatic rings. The number of hydrogen-bond acceptors (Lipinski definition) is 2. The molecule has 0 saturated carbocycles. The Morgan fingerprint density at radius 3 is 2.44 bits per heavy atom. The highest BCUT2D eigenvalue weighted by Crippen LogP contribution is 2.29. The highest BCUT2D eigenvalue weighted by Gasteiger charge is 2.10. The quantitative estimate of drug-likeness (QED) is 0.532. The van der Waals surface area contributed by atoms with Crippen LogP contribution in [0.5, 0.6) is 5.75 Å². The van der Waals surface area contributed by atoms with Crippen LogP contribution in [0.1, 0.15) is 43.0 Å². The average Bonchev–Trinajstić information content (AvgIpc) is 2.53. The fraction of sp³-hybridized carbons (Fsp3) is 0.318. The third-order valence-corrected chi connectivity index (χ3v) is 4.08. The van der Waals surface area contributed by atoms with E-state index in [1.165, 1.54) is 28.3 Å². The molecule has 1 N–H and O–H groups in total. The molecule has 0 heterocycles. The van der Waals surface area contributed by atoms with Gasteiger partial charge in [-0.1, -0.05) is 42.9 Å². The number of aliphatic carboxylic acids is 1. The molecular formula is C22H28O3. The third-order valence-electron chi connectivity index (χ3n) is 4.08. The Bertz CT molecular complexity index is 747. The topological polar surface area (TPSA) is 46.5 Å². The van der Waals surface area contributed by atoms with Gasteiger partial charge in [-0.25, -0.2) is 4.79 Å². The van der Waals surface area contributed by atoms with Crippen LogP contribution in [0.15, 0.2) is 47.6 Å². The lowest BCUT2D eigenvalue weighted by atomic mass is 9.94. The zero-order valence-corrected chi connectivity index (χ0v) is 16.0. The molecule has 0 fully saturated rings. The van der Waals surface area contributed by atoms with Gasteiger partial charge >= 0.3 is 5.97 Å². The molecule has 1 aromatic carbocycles. The predicted octanol–water partition coefficient (Wildman–Crippen LogP) is 5.42. The van der Waals surface area contributed by atoms with Crippen molar-refractivity contribution in [2.24, 2.45) is 0 Å². The van der Waals surface area contributed by atoms with Crippen LogP contribution in [0.4, 0.5) is 0 Å². The normalized spacial score (nSPS) is 13.0. The summed E-state index contributed by atoms with van der Waals surface area (Å²) in [6.45, 7) is 10.1. The Kier molecular flexibility index (Phi) is 7.93. The molecule has 0 bridgehead atoms. The third kappa shape index (κ3) is 6.11. The summed E-state index contributed by atoms with van der Waals surface area (Å²) < 4.78 is 5.49. The number of carboxylic acids is 1. The minimum absolute atomic E-state index is 0.704. The fourth-order valence-corrected chi connectivity index (χ4v) is 2.75. The molecule has 3 nitrogen and oxygen atoms in total. The van der Waals surface area contributed by atoms with Gasteiger partial charge in [0, 0.05) is 6.08 Å². The van der Waals surface area contributed by atoms with Crippen molar-refractivity contribution in [1.29, 1.82) is 0 Å². The van der Waals surface area contributed by atoms with E-state index >= 15 is 0 Å². The smallest absolute Gasteiger partial charge is 0.328 e. The Balaban J connectivity index is 3.04. The van der Waals surface area contributed by atoms with Crippen LogP contribution >= 0.6 is 0 Å². The van der Waals surface area contributed by atoms with E-state index in [-0.39, 0.29) is 0 Å². The molecular weight excluding hydrogens is 312 g/mol. The number of ether oxygens (including phenoxy) is 1. The molecule has 0 radical (unpaired) electrons. The van der Waals surface area contributed by atoms with E-state index in [1.54, 1.807) is 20.1 Å². The zero-order chi connectivity index (χ0) is 19.0. The lowest BCUT2D eigenvalue weighted by molar-refractivity contribution is -0.131. The van der Waals surface area contributed by atoms with Crippen LogP contribution in [0, 0.1) is 13.8 Å². The monoisotopic (exact) mass is 340 g/mol. The molecule has 0 atom stereocenters. The van der Waals surface area contributed by atoms with Crippen molar-refractivity contribution >= 4 is 12.0 Å². The Morgan fingerprint density at radius 1 is 1.20 bits per heavy atom. The number of methoxy groups -OCH3 is 1. The predicted molar refractivity (Wildman–Crippen MR) is 105 cm³/mol. The van der Waals surface area contributed by atoms with Crippen LogP contribution in [0.2, 0.25) is 0 Å². The first kappa shape index (κ1) is 20.5. The summed E-state index contributed by atoms with van der Waals surface area (Å²) >= 11 is 0. The fourth-order valence-electron chi connectivity index (χ4n) is 2.75. The van der Waals surface area contributed by atoms with Crippen molar-refractivity contribution in [3.63, 3.8) is 0 Å². The highest BCUT2D eigenvalue weighted by molar-refractivity contribution is 5.81. The van der Waals surface area contributed by atoms with Crippen molar-refractivity contribution in [3.05, 3.63) is 69.8 Å². The van der Waals surface area contributed by atoms with Crippen molar-refractivity contribution in [3.8, 4) is 5.75 Å². The first-order valence-electron chi connectivity index (χ1n) is 8.41. The number of carboxylic acid groups (broad SMARTS) is 1. The molecule has 1 aromatic rings. The molecule has 0 saturated heterocycles. The lowest BCUT2D eigenvalue weighted by Crippen LogP contribution is -1.98. The molecule has 1 rings (SSSR count). The maximum atomic E-state index is 10.6. The second kappa shape index (κ2) is 9.67. The van der Waals surface area contributed by atoms with Crippen LogP contribution in [0.25, 0.3) is 6.08 Å². The number of allylic oxidation sites excluding steroid dienone is 6. The largest absolute Gasteiger partial charge is 0.496 e. The SMILES string of the molecule is CCc1c(OC)cc(C)c(C=CC(C)=CC=CC(C)=CC(=O)O)c1C. The van der Waals surface area contributed by atoms with Crippen molar-refractivity contribution < 1.29 is 14.6 Å². The summed E-state index contributed by atoms with van der Waals surface area (Å²) in [5.41, 5.74) is 6.69. The van der Waals surface area contributed by atoms with Gasteiger partial charge in [-0.15, -0.1) is 0 Å². The summed E-state index contributed by atoms with van der Waals surface area (Å²) in [6, 6.07) is 2.09. The van der Waals surface area contributed by atoms with Gasteiger partial charge in [0.25, 0.3) is 0 Å². The molecule has 0 aliphatic heterocycles. The second-order valence-electron chi connectivity index (χ2n) is 6.10. The second-order valence-corrected chi connectivity index (χ2v) is 6.10. The molecule has 0 aliphatic carbocycles. The standard InChI is InChI=1S/C22H28O3/c1-7-19-18(5)20(17(4)14-21(19)25-6)12-11-15(2)9-8-10-16(3)13-22(23)24/h8-14H,7H2,1-6H3,(H,23,24). The molecule has 3 heteroatoms. The zero-order valence-electron chi connectivity index (χ0n) is 16.0. The van der Waals surface area contributed by atoms with E-state index in [4.69, 9.17) is 9.84 Å². The van der Waals surface area contributed by atoms with Gasteiger partial charge in [0.05, 0.1) is 7.11 Å². The van der Waals surface area contributed by atoms with Gasteiger partial charge in [-0.05, 0) is 68.0 Å². The first-order valence-corrected chi connectivity index (χ1v) is 8.41. The van der Waals surface area contributed by atoms with E-state index in [9.17, 15) is 4.79 Å². The van der Waals surface area contributed by atoms with Crippen molar-refractivity contribution in [2.45, 2.75) is 41.0 Å². The summed E-state index contributed by atoms with van der Waals surface area (Å²) in [5.74, 6) is 0.0190. The van der Waals surface area contributed by atoms with Crippen molar-refractivity contribution in [2.75, 3.05) is 7.11 Å². The van der Waals surface area contributed by atoms with E-state index in [1.807, 2.05) is 19.1 Å². The number of benzene rings is 1. The molecule has 134 valence electrons. The van der Waals surface area contributed by atoms with Gasteiger partial charge in [-0.3, -0.25) is 0 Å². The van der Waals surface area contributed by atoms with Crippen molar-refractivity contribution in [1.82, 2.24) is 0 Å². The summed E-state index contributed by atoms with van der Waals surface area (Å²) in [5, 5.41) is 8.69. The molecule has 0 aromatic heterocycles. The van der Waals surface area contributed by atoms with Gasteiger partial charge in [0.1, 0.15) is 5.75 Å². The van der Waals surface area contributed by atoms with Crippen LogP contribution in [-0.2, 0) is 11.2 Å². The summed E-state index contributed by atoms with van der Waals surface area (Å²) in [6.07, 6.45) is 11.9. The van der Waals surface area contributed by atoms with Gasteiger partial charge < -0.3 is 9.84 Å². The molecule has 25 heavy (non-hydrogen) atoms. The number of carbonyl (C=O) groups is 1. The highest BCUT2D eigenvalue weighted by atomic mass is 16.5. The van der Waals surface area contributed by atoms with E-state index in [0.29, 0.717) is 5.57 Å². The van der Waals surface area contributed by atoms with E-state index in [0.717, 1.165) is 17.7 Å². The molecule has 0 spiro atoms. The Hall–Kier alpha value is -2.55. The van der Waals surface area contributed by atoms with Gasteiger partial charge in [0.15, 0.2) is 0 Å². The lowest BCUT2D eigenvalue weighted by Gasteiger charge is -2.15. The summed E-state index contributed by atoms with van der Waals surface area (Å²) in [7, 11) is 1.71.